The molecule has 1 aromatic rings. The van der Waals surface area contributed by atoms with Gasteiger partial charge < -0.3 is 4.74 Å². The first-order chi connectivity index (χ1) is 10.9. The van der Waals surface area contributed by atoms with Crippen LogP contribution in [-0.4, -0.2) is 6.61 Å². The smallest absolute Gasteiger partial charge is 0.126 e. The van der Waals surface area contributed by atoms with E-state index in [2.05, 4.69) is 13.5 Å². The van der Waals surface area contributed by atoms with Gasteiger partial charge in [-0.3, -0.25) is 0 Å². The van der Waals surface area contributed by atoms with Crippen LogP contribution in [0, 0.1) is 0 Å². The normalized spacial score (nSPS) is 10.6. The number of hydrogen-bond donors (Lipinski definition) is 0. The molecule has 0 heterocycles. The SMILES string of the molecule is C=Cc1ccccc1OCCCCCCCCCCCCC. The van der Waals surface area contributed by atoms with Crippen molar-refractivity contribution in [3.63, 3.8) is 0 Å². The Morgan fingerprint density at radius 1 is 0.818 bits per heavy atom. The van der Waals surface area contributed by atoms with E-state index < -0.39 is 0 Å². The summed E-state index contributed by atoms with van der Waals surface area (Å²) in [6, 6.07) is 8.10. The van der Waals surface area contributed by atoms with Gasteiger partial charge in [0.15, 0.2) is 0 Å². The van der Waals surface area contributed by atoms with Crippen LogP contribution in [0.2, 0.25) is 0 Å². The first kappa shape index (κ1) is 18.8. The predicted octanol–water partition coefficient (Wildman–Crippen LogP) is 7.02. The second-order valence-corrected chi connectivity index (χ2v) is 6.13. The van der Waals surface area contributed by atoms with Crippen molar-refractivity contribution in [1.82, 2.24) is 0 Å². The molecule has 1 nitrogen and oxygen atoms in total. The highest BCUT2D eigenvalue weighted by atomic mass is 16.5. The number of benzene rings is 1. The monoisotopic (exact) mass is 302 g/mol. The van der Waals surface area contributed by atoms with Crippen molar-refractivity contribution in [2.45, 2.75) is 77.6 Å². The Kier molecular flexibility index (Phi) is 11.5. The summed E-state index contributed by atoms with van der Waals surface area (Å²) in [5.74, 6) is 0.963. The van der Waals surface area contributed by atoms with Gasteiger partial charge in [-0.2, -0.15) is 0 Å². The Labute approximate surface area is 137 Å². The largest absolute Gasteiger partial charge is 0.493 e. The maximum Gasteiger partial charge on any atom is 0.126 e. The lowest BCUT2D eigenvalue weighted by molar-refractivity contribution is 0.303. The lowest BCUT2D eigenvalue weighted by Crippen LogP contribution is -1.98. The molecule has 0 bridgehead atoms. The molecule has 0 atom stereocenters. The van der Waals surface area contributed by atoms with Crippen molar-refractivity contribution < 1.29 is 4.74 Å². The first-order valence-electron chi connectivity index (χ1n) is 9.22. The summed E-state index contributed by atoms with van der Waals surface area (Å²) in [6.45, 7) is 6.92. The molecule has 0 radical (unpaired) electrons. The third-order valence-electron chi connectivity index (χ3n) is 4.14. The molecule has 0 fully saturated rings. The van der Waals surface area contributed by atoms with Crippen LogP contribution >= 0.6 is 0 Å². The van der Waals surface area contributed by atoms with Crippen LogP contribution < -0.4 is 4.74 Å². The van der Waals surface area contributed by atoms with Gasteiger partial charge in [0, 0.05) is 5.56 Å². The summed E-state index contributed by atoms with van der Waals surface area (Å²) in [6.07, 6.45) is 16.9. The molecule has 0 N–H and O–H groups in total. The molecule has 0 spiro atoms. The highest BCUT2D eigenvalue weighted by Gasteiger charge is 1.98. The lowest BCUT2D eigenvalue weighted by atomic mass is 10.1. The van der Waals surface area contributed by atoms with Gasteiger partial charge in [-0.25, -0.2) is 0 Å². The molecular weight excluding hydrogens is 268 g/mol. The Bertz CT molecular complexity index is 383. The number of ether oxygens (including phenoxy) is 1. The van der Waals surface area contributed by atoms with Crippen molar-refractivity contribution >= 4 is 6.08 Å². The van der Waals surface area contributed by atoms with Crippen molar-refractivity contribution in [3.8, 4) is 5.75 Å². The Balaban J connectivity index is 1.90. The molecule has 22 heavy (non-hydrogen) atoms. The van der Waals surface area contributed by atoms with Gasteiger partial charge in [0.05, 0.1) is 6.61 Å². The van der Waals surface area contributed by atoms with E-state index in [4.69, 9.17) is 4.74 Å². The molecule has 0 aromatic heterocycles. The third kappa shape index (κ3) is 8.92. The van der Waals surface area contributed by atoms with Gasteiger partial charge in [0.25, 0.3) is 0 Å². The summed E-state index contributed by atoms with van der Waals surface area (Å²) in [5.41, 5.74) is 1.09. The zero-order valence-corrected chi connectivity index (χ0v) is 14.5. The highest BCUT2D eigenvalue weighted by molar-refractivity contribution is 5.55. The van der Waals surface area contributed by atoms with Crippen LogP contribution in [0.5, 0.6) is 5.75 Å². The molecule has 124 valence electrons. The van der Waals surface area contributed by atoms with Crippen LogP contribution in [0.3, 0.4) is 0 Å². The summed E-state index contributed by atoms with van der Waals surface area (Å²) < 4.78 is 5.84. The molecule has 0 saturated heterocycles. The first-order valence-corrected chi connectivity index (χ1v) is 9.22. The van der Waals surface area contributed by atoms with E-state index in [1.165, 1.54) is 64.2 Å². The number of para-hydroxylation sites is 1. The average molecular weight is 303 g/mol. The van der Waals surface area contributed by atoms with Crippen LogP contribution in [0.4, 0.5) is 0 Å². The van der Waals surface area contributed by atoms with Gasteiger partial charge in [-0.15, -0.1) is 0 Å². The topological polar surface area (TPSA) is 9.23 Å². The van der Waals surface area contributed by atoms with Gasteiger partial charge in [0.1, 0.15) is 5.75 Å². The van der Waals surface area contributed by atoms with Crippen molar-refractivity contribution in [1.29, 1.82) is 0 Å². The minimum atomic E-state index is 0.821. The zero-order valence-electron chi connectivity index (χ0n) is 14.5. The zero-order chi connectivity index (χ0) is 15.9. The highest BCUT2D eigenvalue weighted by Crippen LogP contribution is 2.19. The Morgan fingerprint density at radius 2 is 1.36 bits per heavy atom. The van der Waals surface area contributed by atoms with E-state index in [0.29, 0.717) is 0 Å². The Morgan fingerprint density at radius 3 is 1.95 bits per heavy atom. The molecule has 0 aliphatic rings. The van der Waals surface area contributed by atoms with E-state index in [9.17, 15) is 0 Å². The molecule has 1 rings (SSSR count). The number of hydrogen-bond acceptors (Lipinski definition) is 1. The van der Waals surface area contributed by atoms with Crippen LogP contribution in [-0.2, 0) is 0 Å². The third-order valence-corrected chi connectivity index (χ3v) is 4.14. The standard InChI is InChI=1S/C21H34O/c1-3-5-6-7-8-9-10-11-12-13-16-19-22-21-18-15-14-17-20(21)4-2/h4,14-15,17-18H,2-3,5-13,16,19H2,1H3. The van der Waals surface area contributed by atoms with E-state index in [-0.39, 0.29) is 0 Å². The van der Waals surface area contributed by atoms with Crippen molar-refractivity contribution in [2.24, 2.45) is 0 Å². The fraction of sp³-hybridized carbons (Fsp3) is 0.619. The second-order valence-electron chi connectivity index (χ2n) is 6.13. The number of rotatable bonds is 14. The van der Waals surface area contributed by atoms with Crippen LogP contribution in [0.25, 0.3) is 6.08 Å². The van der Waals surface area contributed by atoms with E-state index in [0.717, 1.165) is 24.3 Å². The summed E-state index contributed by atoms with van der Waals surface area (Å²) in [5, 5.41) is 0. The second kappa shape index (κ2) is 13.4. The molecule has 0 aliphatic carbocycles. The summed E-state index contributed by atoms with van der Waals surface area (Å²) in [7, 11) is 0. The van der Waals surface area contributed by atoms with Gasteiger partial charge in [-0.1, -0.05) is 102 Å². The molecule has 1 aromatic carbocycles. The van der Waals surface area contributed by atoms with Crippen LogP contribution in [0.15, 0.2) is 30.8 Å². The molecular formula is C21H34O. The maximum atomic E-state index is 5.84. The molecule has 0 amide bonds. The van der Waals surface area contributed by atoms with Crippen molar-refractivity contribution in [3.05, 3.63) is 36.4 Å². The fourth-order valence-electron chi connectivity index (χ4n) is 2.73. The number of unbranched alkanes of at least 4 members (excludes halogenated alkanes) is 10. The molecule has 0 unspecified atom stereocenters. The van der Waals surface area contributed by atoms with Gasteiger partial charge >= 0.3 is 0 Å². The lowest BCUT2D eigenvalue weighted by Gasteiger charge is -2.08. The van der Waals surface area contributed by atoms with E-state index in [1.54, 1.807) is 0 Å². The Hall–Kier alpha value is -1.24. The fourth-order valence-corrected chi connectivity index (χ4v) is 2.73. The van der Waals surface area contributed by atoms with Crippen LogP contribution in [0.1, 0.15) is 83.1 Å². The molecule has 0 aliphatic heterocycles. The average Bonchev–Trinajstić information content (AvgIpc) is 2.56. The van der Waals surface area contributed by atoms with Gasteiger partial charge in [0.2, 0.25) is 0 Å². The quantitative estimate of drug-likeness (QED) is 0.335. The molecule has 0 saturated carbocycles. The summed E-state index contributed by atoms with van der Waals surface area (Å²) in [4.78, 5) is 0. The molecule has 1 heteroatoms. The maximum absolute atomic E-state index is 5.84. The van der Waals surface area contributed by atoms with Gasteiger partial charge in [-0.05, 0) is 12.5 Å². The summed E-state index contributed by atoms with van der Waals surface area (Å²) >= 11 is 0. The minimum Gasteiger partial charge on any atom is -0.493 e. The van der Waals surface area contributed by atoms with Crippen molar-refractivity contribution in [2.75, 3.05) is 6.61 Å². The van der Waals surface area contributed by atoms with E-state index >= 15 is 0 Å². The minimum absolute atomic E-state index is 0.821. The van der Waals surface area contributed by atoms with E-state index in [1.807, 2.05) is 30.3 Å². The predicted molar refractivity (Wildman–Crippen MR) is 98.5 cm³/mol.